The fourth-order valence-corrected chi connectivity index (χ4v) is 11.5. The van der Waals surface area contributed by atoms with E-state index in [0.29, 0.717) is 22.6 Å². The van der Waals surface area contributed by atoms with Gasteiger partial charge in [-0.3, -0.25) is 4.98 Å². The van der Waals surface area contributed by atoms with Crippen LogP contribution in [0, 0.1) is 19.1 Å². The standard InChI is InChI=1S/C43H34N3O.C14H16GeN.Ir/c1-4-43(5-2)35-19-10-9-16-30(35)34-24-27(3)39(26-36(34)43)46-38-21-12-11-20-37(38)45-41(46)33-18-13-17-31-32-23-22-29(44-42(32)47-40(31)33)25-28-14-7-6-8-15-28;1-15(2,3)13-9-10-14(16-11-13)12-7-5-4-6-8-12;/h6-17,19-24,26H,4-5,25H2,1-3H3;4-7,9-11H,1-3H3;/q2*-1;/i25D2;;. The van der Waals surface area contributed by atoms with Crippen molar-refractivity contribution in [1.82, 2.24) is 19.5 Å². The fraction of sp³-hybridized carbons (Fsp3) is 0.175. The van der Waals surface area contributed by atoms with Gasteiger partial charge in [-0.05, 0) is 89.5 Å². The fourth-order valence-electron chi connectivity index (χ4n) is 9.36. The first-order valence-corrected chi connectivity index (χ1v) is 29.2. The molecule has 10 aromatic rings. The zero-order valence-corrected chi connectivity index (χ0v) is 41.4. The maximum absolute atomic E-state index is 8.89. The Kier molecular flexibility index (Phi) is 11.2. The summed E-state index contributed by atoms with van der Waals surface area (Å²) in [6, 6.07) is 57.5. The molecule has 0 saturated carbocycles. The molecular weight excluding hydrogens is 1020 g/mol. The van der Waals surface area contributed by atoms with Gasteiger partial charge in [0.15, 0.2) is 0 Å². The van der Waals surface area contributed by atoms with Crippen molar-refractivity contribution in [3.63, 3.8) is 0 Å². The second-order valence-corrected chi connectivity index (χ2v) is 28.1. The molecule has 319 valence electrons. The Morgan fingerprint density at radius 1 is 0.719 bits per heavy atom. The molecule has 0 unspecified atom stereocenters. The number of hydrogen-bond donors (Lipinski definition) is 0. The number of nitrogens with zero attached hydrogens (tertiary/aromatic N) is 4. The molecule has 4 heterocycles. The Hall–Kier alpha value is -5.92. The largest absolute Gasteiger partial charge is 0 e. The van der Waals surface area contributed by atoms with E-state index < -0.39 is 19.6 Å². The number of fused-ring (bicyclic) bond motifs is 7. The van der Waals surface area contributed by atoms with E-state index in [0.717, 1.165) is 68.5 Å². The van der Waals surface area contributed by atoms with E-state index in [9.17, 15) is 0 Å². The molecule has 0 fully saturated rings. The van der Waals surface area contributed by atoms with Gasteiger partial charge < -0.3 is 8.98 Å². The number of hydrogen-bond acceptors (Lipinski definition) is 4. The van der Waals surface area contributed by atoms with Crippen LogP contribution < -0.4 is 4.40 Å². The van der Waals surface area contributed by atoms with E-state index in [1.165, 1.54) is 26.6 Å². The van der Waals surface area contributed by atoms with Crippen LogP contribution in [0.25, 0.3) is 72.6 Å². The molecule has 5 nitrogen and oxygen atoms in total. The topological polar surface area (TPSA) is 56.7 Å². The molecule has 0 bridgehead atoms. The molecule has 64 heavy (non-hydrogen) atoms. The van der Waals surface area contributed by atoms with Crippen molar-refractivity contribution in [1.29, 1.82) is 0 Å². The van der Waals surface area contributed by atoms with E-state index >= 15 is 0 Å². The Morgan fingerprint density at radius 2 is 1.48 bits per heavy atom. The van der Waals surface area contributed by atoms with Gasteiger partial charge in [0.25, 0.3) is 0 Å². The average Bonchev–Trinajstić information content (AvgIpc) is 3.99. The van der Waals surface area contributed by atoms with Crippen LogP contribution in [0.3, 0.4) is 0 Å². The third kappa shape index (κ3) is 7.66. The first kappa shape index (κ1) is 40.8. The van der Waals surface area contributed by atoms with Crippen LogP contribution in [-0.4, -0.2) is 32.8 Å². The third-order valence-corrected chi connectivity index (χ3v) is 17.0. The molecule has 0 amide bonds. The quantitative estimate of drug-likeness (QED) is 0.112. The van der Waals surface area contributed by atoms with Crippen LogP contribution in [0.2, 0.25) is 17.3 Å². The average molecular weight is 1070 g/mol. The van der Waals surface area contributed by atoms with Crippen LogP contribution in [0.15, 0.2) is 162 Å². The van der Waals surface area contributed by atoms with Crippen molar-refractivity contribution >= 4 is 50.8 Å². The first-order valence-electron chi connectivity index (χ1n) is 22.9. The Labute approximate surface area is 395 Å². The third-order valence-electron chi connectivity index (χ3n) is 12.8. The van der Waals surface area contributed by atoms with E-state index in [2.05, 4.69) is 126 Å². The van der Waals surface area contributed by atoms with Crippen LogP contribution in [0.5, 0.6) is 0 Å². The number of para-hydroxylation sites is 2. The molecule has 1 aliphatic carbocycles. The monoisotopic (exact) mass is 1080 g/mol. The van der Waals surface area contributed by atoms with Crippen LogP contribution in [0.1, 0.15) is 57.4 Å². The van der Waals surface area contributed by atoms with Crippen LogP contribution in [-0.2, 0) is 31.9 Å². The molecule has 6 aromatic carbocycles. The molecule has 1 aliphatic rings. The zero-order chi connectivity index (χ0) is 45.1. The van der Waals surface area contributed by atoms with Gasteiger partial charge in [0.05, 0.1) is 22.4 Å². The number of furan rings is 1. The van der Waals surface area contributed by atoms with Crippen LogP contribution >= 0.6 is 0 Å². The number of imidazole rings is 1. The van der Waals surface area contributed by atoms with E-state index in [-0.39, 0.29) is 25.5 Å². The number of pyridine rings is 2. The summed E-state index contributed by atoms with van der Waals surface area (Å²) in [6.07, 6.45) is 2.28. The summed E-state index contributed by atoms with van der Waals surface area (Å²) < 4.78 is 28.0. The zero-order valence-electron chi connectivity index (χ0n) is 39.0. The number of benzene rings is 6. The van der Waals surface area contributed by atoms with Gasteiger partial charge in [-0.25, -0.2) is 4.98 Å². The smallest absolute Gasteiger partial charge is 0 e. The van der Waals surface area contributed by atoms with E-state index in [1.807, 2.05) is 72.9 Å². The van der Waals surface area contributed by atoms with Crippen molar-refractivity contribution in [2.75, 3.05) is 0 Å². The van der Waals surface area contributed by atoms with Crippen molar-refractivity contribution < 1.29 is 27.3 Å². The molecule has 11 rings (SSSR count). The second kappa shape index (κ2) is 17.6. The Morgan fingerprint density at radius 3 is 2.23 bits per heavy atom. The predicted octanol–water partition coefficient (Wildman–Crippen LogP) is 13.9. The maximum Gasteiger partial charge on any atom is 0 e. The summed E-state index contributed by atoms with van der Waals surface area (Å²) in [7, 11) is 0. The predicted molar refractivity (Wildman–Crippen MR) is 263 cm³/mol. The molecule has 0 spiro atoms. The molecule has 0 atom stereocenters. The van der Waals surface area contributed by atoms with Crippen LogP contribution in [0.4, 0.5) is 0 Å². The molecular formula is C57H50GeIrN4O-2. The molecule has 0 saturated heterocycles. The molecule has 1 radical (unpaired) electrons. The van der Waals surface area contributed by atoms with Gasteiger partial charge in [-0.15, -0.1) is 18.2 Å². The summed E-state index contributed by atoms with van der Waals surface area (Å²) in [5.74, 6) is 7.88. The van der Waals surface area contributed by atoms with Crippen molar-refractivity contribution in [3.8, 4) is 39.5 Å². The summed E-state index contributed by atoms with van der Waals surface area (Å²) in [5.41, 5.74) is 14.1. The molecule has 0 aliphatic heterocycles. The van der Waals surface area contributed by atoms with Crippen molar-refractivity contribution in [2.24, 2.45) is 0 Å². The Bertz CT molecular complexity index is 3370. The maximum atomic E-state index is 8.89. The van der Waals surface area contributed by atoms with E-state index in [1.54, 1.807) is 18.2 Å². The van der Waals surface area contributed by atoms with Crippen molar-refractivity contribution in [2.45, 2.75) is 62.7 Å². The Balaban J connectivity index is 0.000000273. The SMILES string of the molecule is [2H]C([2H])(c1ccccc1)c1ccc2c(n1)oc1c(-c3nc4ccccc4n3-c3cc4c(cc3C)-c3ccccc3C4(CC)CC)[c-]ccc12.[CH3][Ge]([CH3])([CH3])[c]1ccc(-c2[c-]cccc2)nc1.[Ir]. The second-order valence-electron chi connectivity index (χ2n) is 17.5. The van der Waals surface area contributed by atoms with Gasteiger partial charge in [0.2, 0.25) is 5.71 Å². The number of aryl methyl sites for hydroxylation is 1. The number of aromatic nitrogens is 4. The summed E-state index contributed by atoms with van der Waals surface area (Å²) in [6.45, 7) is 6.79. The van der Waals surface area contributed by atoms with Gasteiger partial charge in [0.1, 0.15) is 0 Å². The summed E-state index contributed by atoms with van der Waals surface area (Å²) in [4.78, 5) is 14.5. The summed E-state index contributed by atoms with van der Waals surface area (Å²) in [5, 5.41) is 1.71. The minimum absolute atomic E-state index is 0. The van der Waals surface area contributed by atoms with Gasteiger partial charge in [0, 0.05) is 51.4 Å². The van der Waals surface area contributed by atoms with Gasteiger partial charge in [-0.2, -0.15) is 0 Å². The first-order chi connectivity index (χ1) is 31.4. The van der Waals surface area contributed by atoms with Gasteiger partial charge in [-0.1, -0.05) is 91.5 Å². The minimum Gasteiger partial charge on any atom is 0 e. The minimum atomic E-state index is -1.78. The molecule has 4 aromatic heterocycles. The molecule has 0 N–H and O–H groups in total. The van der Waals surface area contributed by atoms with Gasteiger partial charge >= 0.3 is 99.8 Å². The normalized spacial score (nSPS) is 13.4. The number of rotatable bonds is 8. The summed E-state index contributed by atoms with van der Waals surface area (Å²) >= 11 is -1.72. The van der Waals surface area contributed by atoms with E-state index in [4.69, 9.17) is 17.1 Å². The van der Waals surface area contributed by atoms with Crippen molar-refractivity contribution in [3.05, 3.63) is 198 Å². The molecule has 7 heteroatoms.